The summed E-state index contributed by atoms with van der Waals surface area (Å²) in [5.74, 6) is 0.577. The van der Waals surface area contributed by atoms with Gasteiger partial charge < -0.3 is 4.74 Å². The lowest BCUT2D eigenvalue weighted by Crippen LogP contribution is -2.15. The maximum absolute atomic E-state index is 12.3. The number of aromatic nitrogens is 3. The van der Waals surface area contributed by atoms with Crippen molar-refractivity contribution in [1.82, 2.24) is 14.8 Å². The van der Waals surface area contributed by atoms with Crippen LogP contribution in [0.2, 0.25) is 0 Å². The number of carbonyl (C=O) groups is 1. The Hall–Kier alpha value is -2.67. The number of rotatable bonds is 4. The summed E-state index contributed by atoms with van der Waals surface area (Å²) in [6, 6.07) is 9.37. The minimum Gasteiger partial charge on any atom is -0.497 e. The van der Waals surface area contributed by atoms with Gasteiger partial charge in [0.15, 0.2) is 5.13 Å². The van der Waals surface area contributed by atoms with Crippen LogP contribution in [0.4, 0.5) is 5.13 Å². The zero-order chi connectivity index (χ0) is 16.4. The lowest BCUT2D eigenvalue weighted by molar-refractivity contribution is 0.101. The van der Waals surface area contributed by atoms with Crippen LogP contribution < -0.4 is 10.1 Å². The molecule has 1 amide bonds. The van der Waals surface area contributed by atoms with E-state index in [0.29, 0.717) is 10.8 Å². The Morgan fingerprint density at radius 1 is 1.30 bits per heavy atom. The molecular weight excluding hydrogens is 312 g/mol. The van der Waals surface area contributed by atoms with E-state index in [4.69, 9.17) is 4.74 Å². The molecular formula is C16H16N4O2S. The minimum absolute atomic E-state index is 0.219. The van der Waals surface area contributed by atoms with E-state index in [1.54, 1.807) is 24.9 Å². The summed E-state index contributed by atoms with van der Waals surface area (Å²) in [4.78, 5) is 16.7. The van der Waals surface area contributed by atoms with E-state index in [9.17, 15) is 4.79 Å². The first-order valence-electron chi connectivity index (χ1n) is 6.99. The molecule has 0 saturated carbocycles. The van der Waals surface area contributed by atoms with Gasteiger partial charge in [-0.2, -0.15) is 5.10 Å². The number of aryl methyl sites for hydroxylation is 2. The summed E-state index contributed by atoms with van der Waals surface area (Å²) in [5.41, 5.74) is 3.09. The minimum atomic E-state index is -0.219. The van der Waals surface area contributed by atoms with Gasteiger partial charge in [0.1, 0.15) is 11.4 Å². The second kappa shape index (κ2) is 6.21. The zero-order valence-electron chi connectivity index (χ0n) is 13.0. The van der Waals surface area contributed by atoms with Gasteiger partial charge in [-0.15, -0.1) is 11.3 Å². The highest BCUT2D eigenvalue weighted by Gasteiger charge is 2.14. The molecule has 0 bridgehead atoms. The van der Waals surface area contributed by atoms with E-state index in [1.165, 1.54) is 11.3 Å². The second-order valence-electron chi connectivity index (χ2n) is 5.02. The third-order valence-corrected chi connectivity index (χ3v) is 4.10. The molecule has 7 heteroatoms. The summed E-state index contributed by atoms with van der Waals surface area (Å²) < 4.78 is 6.70. The first-order chi connectivity index (χ1) is 11.1. The molecule has 0 aliphatic carbocycles. The van der Waals surface area contributed by atoms with Crippen molar-refractivity contribution in [2.24, 2.45) is 7.05 Å². The molecule has 2 heterocycles. The van der Waals surface area contributed by atoms with Crippen LogP contribution in [0.15, 0.2) is 35.7 Å². The monoisotopic (exact) mass is 328 g/mol. The Morgan fingerprint density at radius 2 is 2.04 bits per heavy atom. The highest BCUT2D eigenvalue weighted by molar-refractivity contribution is 7.14. The molecule has 118 valence electrons. The van der Waals surface area contributed by atoms with E-state index >= 15 is 0 Å². The fourth-order valence-corrected chi connectivity index (χ4v) is 2.92. The SMILES string of the molecule is COc1ccc(-c2csc(NC(=O)c3cc(C)nn3C)n2)cc1. The standard InChI is InChI=1S/C16H16N4O2S/c1-10-8-14(20(2)19-10)15(21)18-16-17-13(9-23-16)11-4-6-12(22-3)7-5-11/h4-9H,1-3H3,(H,17,18,21). The summed E-state index contributed by atoms with van der Waals surface area (Å²) in [6.07, 6.45) is 0. The lowest BCUT2D eigenvalue weighted by atomic mass is 10.2. The quantitative estimate of drug-likeness (QED) is 0.799. The molecule has 23 heavy (non-hydrogen) atoms. The predicted octanol–water partition coefficient (Wildman–Crippen LogP) is 3.11. The summed E-state index contributed by atoms with van der Waals surface area (Å²) in [6.45, 7) is 1.85. The van der Waals surface area contributed by atoms with Gasteiger partial charge in [-0.25, -0.2) is 4.98 Å². The fraction of sp³-hybridized carbons (Fsp3) is 0.188. The van der Waals surface area contributed by atoms with Crippen LogP contribution in [0.3, 0.4) is 0 Å². The number of ether oxygens (including phenoxy) is 1. The number of amides is 1. The second-order valence-corrected chi connectivity index (χ2v) is 5.87. The average Bonchev–Trinajstić information content (AvgIpc) is 3.13. The van der Waals surface area contributed by atoms with Crippen molar-refractivity contribution in [1.29, 1.82) is 0 Å². The third kappa shape index (κ3) is 3.24. The van der Waals surface area contributed by atoms with E-state index < -0.39 is 0 Å². The van der Waals surface area contributed by atoms with Crippen LogP contribution in [-0.2, 0) is 7.05 Å². The molecule has 1 aromatic carbocycles. The van der Waals surface area contributed by atoms with Crippen LogP contribution >= 0.6 is 11.3 Å². The summed E-state index contributed by atoms with van der Waals surface area (Å²) in [7, 11) is 3.37. The number of carbonyl (C=O) groups excluding carboxylic acids is 1. The van der Waals surface area contributed by atoms with Crippen LogP contribution in [0.1, 0.15) is 16.2 Å². The summed E-state index contributed by atoms with van der Waals surface area (Å²) in [5, 5.41) is 9.44. The zero-order valence-corrected chi connectivity index (χ0v) is 13.8. The molecule has 0 aliphatic heterocycles. The van der Waals surface area contributed by atoms with E-state index in [1.807, 2.05) is 36.6 Å². The topological polar surface area (TPSA) is 69.0 Å². The van der Waals surface area contributed by atoms with Gasteiger partial charge >= 0.3 is 0 Å². The van der Waals surface area contributed by atoms with Crippen molar-refractivity contribution in [3.8, 4) is 17.0 Å². The van der Waals surface area contributed by atoms with Crippen molar-refractivity contribution in [3.05, 3.63) is 47.1 Å². The number of nitrogens with zero attached hydrogens (tertiary/aromatic N) is 3. The van der Waals surface area contributed by atoms with Gasteiger partial charge in [0.05, 0.1) is 18.5 Å². The molecule has 1 N–H and O–H groups in total. The van der Waals surface area contributed by atoms with Crippen molar-refractivity contribution >= 4 is 22.4 Å². The van der Waals surface area contributed by atoms with Gasteiger partial charge in [0.25, 0.3) is 5.91 Å². The average molecular weight is 328 g/mol. The van der Waals surface area contributed by atoms with Crippen molar-refractivity contribution in [2.45, 2.75) is 6.92 Å². The van der Waals surface area contributed by atoms with Gasteiger partial charge in [-0.1, -0.05) is 0 Å². The van der Waals surface area contributed by atoms with Gasteiger partial charge in [-0.05, 0) is 37.3 Å². The molecule has 0 spiro atoms. The molecule has 0 atom stereocenters. The highest BCUT2D eigenvalue weighted by atomic mass is 32.1. The number of benzene rings is 1. The predicted molar refractivity (Wildman–Crippen MR) is 90.0 cm³/mol. The largest absolute Gasteiger partial charge is 0.497 e. The molecule has 0 unspecified atom stereocenters. The van der Waals surface area contributed by atoms with E-state index in [-0.39, 0.29) is 5.91 Å². The first-order valence-corrected chi connectivity index (χ1v) is 7.87. The number of thiazole rings is 1. The Kier molecular flexibility index (Phi) is 4.12. The summed E-state index contributed by atoms with van der Waals surface area (Å²) >= 11 is 1.39. The lowest BCUT2D eigenvalue weighted by Gasteiger charge is -2.02. The van der Waals surface area contributed by atoms with Gasteiger partial charge in [0.2, 0.25) is 0 Å². The Labute approximate surface area is 137 Å². The highest BCUT2D eigenvalue weighted by Crippen LogP contribution is 2.26. The smallest absolute Gasteiger partial charge is 0.275 e. The Balaban J connectivity index is 1.76. The fourth-order valence-electron chi connectivity index (χ4n) is 2.21. The maximum atomic E-state index is 12.3. The molecule has 0 aliphatic rings. The molecule has 0 radical (unpaired) electrons. The van der Waals surface area contributed by atoms with E-state index in [2.05, 4.69) is 15.4 Å². The molecule has 6 nitrogen and oxygen atoms in total. The maximum Gasteiger partial charge on any atom is 0.275 e. The Bertz CT molecular complexity index is 836. The van der Waals surface area contributed by atoms with Crippen molar-refractivity contribution < 1.29 is 9.53 Å². The van der Waals surface area contributed by atoms with Crippen molar-refractivity contribution in [2.75, 3.05) is 12.4 Å². The van der Waals surface area contributed by atoms with Crippen LogP contribution in [0.25, 0.3) is 11.3 Å². The number of anilines is 1. The Morgan fingerprint density at radius 3 is 2.65 bits per heavy atom. The molecule has 3 aromatic rings. The van der Waals surface area contributed by atoms with Gasteiger partial charge in [0, 0.05) is 18.0 Å². The normalized spacial score (nSPS) is 10.6. The van der Waals surface area contributed by atoms with Crippen LogP contribution in [0, 0.1) is 6.92 Å². The molecule has 0 saturated heterocycles. The number of methoxy groups -OCH3 is 1. The molecule has 0 fully saturated rings. The van der Waals surface area contributed by atoms with Gasteiger partial charge in [-0.3, -0.25) is 14.8 Å². The first kappa shape index (κ1) is 15.2. The molecule has 2 aromatic heterocycles. The van der Waals surface area contributed by atoms with Crippen LogP contribution in [0.5, 0.6) is 5.75 Å². The number of hydrogen-bond acceptors (Lipinski definition) is 5. The van der Waals surface area contributed by atoms with Crippen molar-refractivity contribution in [3.63, 3.8) is 0 Å². The number of hydrogen-bond donors (Lipinski definition) is 1. The van der Waals surface area contributed by atoms with E-state index in [0.717, 1.165) is 22.7 Å². The third-order valence-electron chi connectivity index (χ3n) is 3.35. The number of nitrogens with one attached hydrogen (secondary N) is 1. The molecule has 3 rings (SSSR count). The van der Waals surface area contributed by atoms with Crippen LogP contribution in [-0.4, -0.2) is 27.8 Å².